The van der Waals surface area contributed by atoms with Crippen LogP contribution in [-0.4, -0.2) is 153 Å². The van der Waals surface area contributed by atoms with Gasteiger partial charge in [0.25, 0.3) is 0 Å². The highest BCUT2D eigenvalue weighted by Gasteiger charge is 2.53. The molecule has 0 spiro atoms. The maximum Gasteiger partial charge on any atom is 0.311 e. The van der Waals surface area contributed by atoms with Gasteiger partial charge in [-0.2, -0.15) is 0 Å². The number of carbonyl (C=O) groups is 1. The minimum atomic E-state index is -1.97. The quantitative estimate of drug-likeness (QED) is 0.125. The molecule has 0 saturated carbocycles. The number of cyclic esters (lactones) is 1. The van der Waals surface area contributed by atoms with Gasteiger partial charge in [0, 0.05) is 37.3 Å². The molecule has 0 bridgehead atoms. The first-order chi connectivity index (χ1) is 24.0. The molecule has 3 rings (SSSR count). The van der Waals surface area contributed by atoms with Crippen molar-refractivity contribution in [2.45, 2.75) is 179 Å². The lowest BCUT2D eigenvalue weighted by atomic mass is 9.73. The summed E-state index contributed by atoms with van der Waals surface area (Å²) in [7, 11) is 5.19. The predicted molar refractivity (Wildman–Crippen MR) is 190 cm³/mol. The molecular formula is C37H68N2O13. The number of methoxy groups -OCH3 is 1. The first-order valence-corrected chi connectivity index (χ1v) is 18.7. The second kappa shape index (κ2) is 17.5. The van der Waals surface area contributed by atoms with Crippen LogP contribution in [0, 0.1) is 23.7 Å². The van der Waals surface area contributed by atoms with Gasteiger partial charge in [0.1, 0.15) is 23.9 Å². The summed E-state index contributed by atoms with van der Waals surface area (Å²) < 4.78 is 37.2. The van der Waals surface area contributed by atoms with Crippen LogP contribution in [-0.2, 0) is 33.2 Å². The van der Waals surface area contributed by atoms with Crippen LogP contribution in [0.2, 0.25) is 0 Å². The minimum absolute atomic E-state index is 0.0657. The molecule has 18 atom stereocenters. The van der Waals surface area contributed by atoms with Crippen molar-refractivity contribution in [1.82, 2.24) is 4.90 Å². The number of likely N-dealkylation sites (N-methyl/N-ethyl adjacent to an activating group) is 1. The lowest BCUT2D eigenvalue weighted by molar-refractivity contribution is -0.317. The first kappa shape index (κ1) is 44.9. The average Bonchev–Trinajstić information content (AvgIpc) is 3.06. The minimum Gasteiger partial charge on any atom is -0.459 e. The highest BCUT2D eigenvalue weighted by molar-refractivity contribution is 5.88. The van der Waals surface area contributed by atoms with E-state index < -0.39 is 102 Å². The van der Waals surface area contributed by atoms with Gasteiger partial charge in [-0.05, 0) is 74.9 Å². The Morgan fingerprint density at radius 2 is 1.54 bits per heavy atom. The van der Waals surface area contributed by atoms with Crippen molar-refractivity contribution in [3.8, 4) is 0 Å². The molecular weight excluding hydrogens is 680 g/mol. The molecule has 6 N–H and O–H groups in total. The second-order valence-corrected chi connectivity index (χ2v) is 16.6. The number of oxime groups is 1. The van der Waals surface area contributed by atoms with E-state index in [9.17, 15) is 35.5 Å². The van der Waals surface area contributed by atoms with Crippen molar-refractivity contribution in [3.05, 3.63) is 0 Å². The number of carbonyl (C=O) groups excluding carboxylic acids is 1. The van der Waals surface area contributed by atoms with E-state index in [1.807, 2.05) is 25.9 Å². The summed E-state index contributed by atoms with van der Waals surface area (Å²) in [5.74, 6) is -4.24. The van der Waals surface area contributed by atoms with E-state index >= 15 is 0 Å². The number of hydrogen-bond acceptors (Lipinski definition) is 15. The monoisotopic (exact) mass is 748 g/mol. The molecule has 15 nitrogen and oxygen atoms in total. The van der Waals surface area contributed by atoms with E-state index in [1.165, 1.54) is 14.0 Å². The van der Waals surface area contributed by atoms with Gasteiger partial charge in [-0.25, -0.2) is 0 Å². The van der Waals surface area contributed by atoms with Crippen LogP contribution >= 0.6 is 0 Å². The summed E-state index contributed by atoms with van der Waals surface area (Å²) in [6, 6.07) is -0.322. The molecule has 2 unspecified atom stereocenters. The number of rotatable bonds is 7. The lowest BCUT2D eigenvalue weighted by Gasteiger charge is -2.49. The topological polar surface area (TPSA) is 209 Å². The maximum atomic E-state index is 14.1. The summed E-state index contributed by atoms with van der Waals surface area (Å²) in [6.45, 7) is 16.6. The second-order valence-electron chi connectivity index (χ2n) is 16.6. The predicted octanol–water partition coefficient (Wildman–Crippen LogP) is 2.05. The number of nitrogens with zero attached hydrogens (tertiary/aromatic N) is 2. The van der Waals surface area contributed by atoms with Gasteiger partial charge in [0.15, 0.2) is 12.6 Å². The Hall–Kier alpha value is -1.50. The Kier molecular flexibility index (Phi) is 15.1. The van der Waals surface area contributed by atoms with Crippen LogP contribution in [0.4, 0.5) is 0 Å². The fourth-order valence-electron chi connectivity index (χ4n) is 8.61. The highest BCUT2D eigenvalue weighted by Crippen LogP contribution is 2.41. The highest BCUT2D eigenvalue weighted by atomic mass is 16.7. The number of aliphatic hydroxyl groups excluding tert-OH is 3. The molecule has 3 saturated heterocycles. The molecule has 0 amide bonds. The van der Waals surface area contributed by atoms with Crippen molar-refractivity contribution in [2.75, 3.05) is 21.2 Å². The van der Waals surface area contributed by atoms with Crippen LogP contribution in [0.25, 0.3) is 0 Å². The van der Waals surface area contributed by atoms with E-state index in [4.69, 9.17) is 28.4 Å². The van der Waals surface area contributed by atoms with Gasteiger partial charge in [-0.3, -0.25) is 4.79 Å². The Morgan fingerprint density at radius 1 is 0.923 bits per heavy atom. The summed E-state index contributed by atoms with van der Waals surface area (Å²) in [6.07, 6.45) is -9.51. The summed E-state index contributed by atoms with van der Waals surface area (Å²) in [5.41, 5.74) is -4.68. The Labute approximate surface area is 309 Å². The van der Waals surface area contributed by atoms with E-state index in [0.29, 0.717) is 6.42 Å². The first-order valence-electron chi connectivity index (χ1n) is 18.7. The molecule has 3 heterocycles. The summed E-state index contributed by atoms with van der Waals surface area (Å²) in [5, 5.41) is 71.8. The van der Waals surface area contributed by atoms with Gasteiger partial charge in [0.05, 0.1) is 53.4 Å². The molecule has 0 aliphatic carbocycles. The molecule has 0 aromatic carbocycles. The SMILES string of the molecule is CC[C@H]1OC(=O)[C@H](C)[C@@H](OC2C[C@@](C)(OC)[C@@H](O)[C@H](C)O2)[C@H](C)[C@@H](OC2O[C@H](C)C[C@H](N(C)C)[C@H]2O)[C@](C)(O)C[C@@H](C)/C(=N/O)[C@H](C)[C@@H](O)[C@]1(C)O. The number of esters is 1. The van der Waals surface area contributed by atoms with Gasteiger partial charge in [-0.1, -0.05) is 32.9 Å². The average molecular weight is 749 g/mol. The number of aliphatic hydroxyl groups is 5. The third-order valence-electron chi connectivity index (χ3n) is 12.0. The molecule has 3 aliphatic rings. The summed E-state index contributed by atoms with van der Waals surface area (Å²) in [4.78, 5) is 16.0. The Balaban J connectivity index is 2.21. The third-order valence-corrected chi connectivity index (χ3v) is 12.0. The van der Waals surface area contributed by atoms with Crippen molar-refractivity contribution >= 4 is 11.7 Å². The molecule has 15 heteroatoms. The Morgan fingerprint density at radius 3 is 2.08 bits per heavy atom. The largest absolute Gasteiger partial charge is 0.459 e. The summed E-state index contributed by atoms with van der Waals surface area (Å²) >= 11 is 0. The number of ether oxygens (including phenoxy) is 6. The van der Waals surface area contributed by atoms with Crippen LogP contribution < -0.4 is 0 Å². The van der Waals surface area contributed by atoms with Crippen molar-refractivity contribution < 1.29 is 64.0 Å². The standard InChI is InChI=1S/C37H68N2O13/c1-14-25-37(10,45)30(41)20(4)27(38-46)18(2)16-35(8,44)32(52-34-28(40)24(39(11)12)15-19(3)48-34)21(5)29(22(6)33(43)50-25)51-26-17-36(9,47-13)31(42)23(7)49-26/h18-26,28-32,34,40-42,44-46H,14-17H2,1-13H3/b38-27-/t18-,19-,20+,21+,22-,23+,24+,25-,26?,28-,29+,30-,31+,32-,34?,35-,36-,37-/m1/s1. The molecule has 0 aromatic rings. The lowest BCUT2D eigenvalue weighted by Crippen LogP contribution is -2.61. The van der Waals surface area contributed by atoms with Crippen molar-refractivity contribution in [2.24, 2.45) is 28.8 Å². The zero-order chi connectivity index (χ0) is 39.7. The maximum absolute atomic E-state index is 14.1. The normalized spacial score (nSPS) is 49.8. The van der Waals surface area contributed by atoms with E-state index in [0.717, 1.165) is 0 Å². The van der Waals surface area contributed by atoms with E-state index in [1.54, 1.807) is 55.4 Å². The molecule has 0 radical (unpaired) electrons. The van der Waals surface area contributed by atoms with Crippen LogP contribution in [0.5, 0.6) is 0 Å². The molecule has 304 valence electrons. The fraction of sp³-hybridized carbons (Fsp3) is 0.946. The van der Waals surface area contributed by atoms with Crippen molar-refractivity contribution in [1.29, 1.82) is 0 Å². The fourth-order valence-corrected chi connectivity index (χ4v) is 8.61. The van der Waals surface area contributed by atoms with Crippen LogP contribution in [0.15, 0.2) is 5.16 Å². The van der Waals surface area contributed by atoms with Gasteiger partial charge >= 0.3 is 5.97 Å². The van der Waals surface area contributed by atoms with E-state index in [-0.39, 0.29) is 37.1 Å². The van der Waals surface area contributed by atoms with Crippen molar-refractivity contribution in [3.63, 3.8) is 0 Å². The van der Waals surface area contributed by atoms with Gasteiger partial charge in [-0.15, -0.1) is 0 Å². The zero-order valence-corrected chi connectivity index (χ0v) is 33.4. The molecule has 3 aliphatic heterocycles. The Bertz CT molecular complexity index is 1200. The molecule has 3 fully saturated rings. The van der Waals surface area contributed by atoms with E-state index in [2.05, 4.69) is 5.16 Å². The zero-order valence-electron chi connectivity index (χ0n) is 33.4. The van der Waals surface area contributed by atoms with Gasteiger partial charge < -0.3 is 64.1 Å². The smallest absolute Gasteiger partial charge is 0.311 e. The van der Waals surface area contributed by atoms with Gasteiger partial charge in [0.2, 0.25) is 0 Å². The number of hydrogen-bond donors (Lipinski definition) is 6. The molecule has 52 heavy (non-hydrogen) atoms. The van der Waals surface area contributed by atoms with Crippen LogP contribution in [0.1, 0.15) is 94.9 Å². The third kappa shape index (κ3) is 9.47. The molecule has 0 aromatic heterocycles. The van der Waals surface area contributed by atoms with Crippen LogP contribution in [0.3, 0.4) is 0 Å².